The number of benzene rings is 1. The first kappa shape index (κ1) is 20.0. The van der Waals surface area contributed by atoms with Crippen LogP contribution >= 0.6 is 11.6 Å². The van der Waals surface area contributed by atoms with E-state index in [1.54, 1.807) is 17.8 Å². The minimum atomic E-state index is -4.59. The van der Waals surface area contributed by atoms with E-state index < -0.39 is 34.7 Å². The van der Waals surface area contributed by atoms with Gasteiger partial charge in [-0.2, -0.15) is 13.2 Å². The van der Waals surface area contributed by atoms with E-state index in [-0.39, 0.29) is 18.7 Å². The van der Waals surface area contributed by atoms with Crippen molar-refractivity contribution in [3.63, 3.8) is 0 Å². The molecule has 0 bridgehead atoms. The number of carbonyl (C=O) groups is 2. The van der Waals surface area contributed by atoms with Crippen molar-refractivity contribution in [1.29, 1.82) is 0 Å². The first-order valence-corrected chi connectivity index (χ1v) is 8.63. The minimum Gasteiger partial charge on any atom is -0.350 e. The van der Waals surface area contributed by atoms with E-state index in [1.807, 2.05) is 0 Å². The van der Waals surface area contributed by atoms with Crippen LogP contribution in [0.1, 0.15) is 11.1 Å². The monoisotopic (exact) mass is 415 g/mol. The standard InChI is InChI=1S/C17H17ClF3N5O2/c1-24-7-6-22-15(24)26-9-12(25(2)16(26)28)14(27)23-8-10-4-3-5-11(13(10)18)17(19,20)21/h3-7,12H,8-9H2,1-2H3,(H,23,27)/t12-/m0/s1. The summed E-state index contributed by atoms with van der Waals surface area (Å²) in [6, 6.07) is 2.30. The van der Waals surface area contributed by atoms with Crippen LogP contribution in [0.4, 0.5) is 23.9 Å². The van der Waals surface area contributed by atoms with Gasteiger partial charge in [-0.15, -0.1) is 0 Å². The Morgan fingerprint density at radius 2 is 2.07 bits per heavy atom. The summed E-state index contributed by atoms with van der Waals surface area (Å²) in [4.78, 5) is 31.7. The third-order valence-corrected chi connectivity index (χ3v) is 4.98. The molecular formula is C17H17ClF3N5O2. The highest BCUT2D eigenvalue weighted by atomic mass is 35.5. The van der Waals surface area contributed by atoms with E-state index in [4.69, 9.17) is 11.6 Å². The number of hydrogen-bond acceptors (Lipinski definition) is 3. The van der Waals surface area contributed by atoms with Gasteiger partial charge in [-0.25, -0.2) is 9.78 Å². The molecule has 1 aromatic carbocycles. The van der Waals surface area contributed by atoms with Gasteiger partial charge in [0.2, 0.25) is 11.9 Å². The SMILES string of the molecule is CN1C(=O)N(c2nccn2C)C[C@H]1C(=O)NCc1cccc(C(F)(F)F)c1Cl. The number of rotatable bonds is 4. The van der Waals surface area contributed by atoms with Gasteiger partial charge in [0, 0.05) is 33.0 Å². The summed E-state index contributed by atoms with van der Waals surface area (Å²) in [7, 11) is 3.20. The lowest BCUT2D eigenvalue weighted by atomic mass is 10.1. The second-order valence-electron chi connectivity index (χ2n) is 6.35. The minimum absolute atomic E-state index is 0.0718. The van der Waals surface area contributed by atoms with Gasteiger partial charge in [0.15, 0.2) is 0 Å². The summed E-state index contributed by atoms with van der Waals surface area (Å²) < 4.78 is 40.5. The molecule has 3 rings (SSSR count). The van der Waals surface area contributed by atoms with E-state index in [0.29, 0.717) is 5.95 Å². The number of urea groups is 1. The molecule has 3 amide bonds. The van der Waals surface area contributed by atoms with Crippen molar-refractivity contribution in [3.05, 3.63) is 46.7 Å². The van der Waals surface area contributed by atoms with Crippen molar-refractivity contribution < 1.29 is 22.8 Å². The zero-order valence-corrected chi connectivity index (χ0v) is 15.8. The molecule has 1 fully saturated rings. The Morgan fingerprint density at radius 3 is 2.68 bits per heavy atom. The van der Waals surface area contributed by atoms with Crippen LogP contribution in [-0.2, 0) is 24.6 Å². The molecule has 1 aliphatic rings. The van der Waals surface area contributed by atoms with Gasteiger partial charge in [-0.1, -0.05) is 23.7 Å². The average Bonchev–Trinajstić information content (AvgIpc) is 3.16. The summed E-state index contributed by atoms with van der Waals surface area (Å²) in [5.41, 5.74) is -0.826. The number of hydrogen-bond donors (Lipinski definition) is 1. The van der Waals surface area contributed by atoms with Crippen LogP contribution in [-0.4, -0.2) is 46.0 Å². The van der Waals surface area contributed by atoms with Crippen LogP contribution in [0, 0.1) is 0 Å². The fourth-order valence-corrected chi connectivity index (χ4v) is 3.28. The number of amides is 3. The summed E-state index contributed by atoms with van der Waals surface area (Å²) in [6.45, 7) is -0.120. The van der Waals surface area contributed by atoms with Gasteiger partial charge in [0.25, 0.3) is 0 Å². The molecule has 0 spiro atoms. The van der Waals surface area contributed by atoms with E-state index in [0.717, 1.165) is 6.07 Å². The van der Waals surface area contributed by atoms with Gasteiger partial charge >= 0.3 is 12.2 Å². The van der Waals surface area contributed by atoms with Crippen molar-refractivity contribution in [2.45, 2.75) is 18.8 Å². The largest absolute Gasteiger partial charge is 0.417 e. The lowest BCUT2D eigenvalue weighted by Gasteiger charge is -2.18. The average molecular weight is 416 g/mol. The van der Waals surface area contributed by atoms with Gasteiger partial charge in [0.1, 0.15) is 6.04 Å². The Hall–Kier alpha value is -2.75. The fraction of sp³-hybridized carbons (Fsp3) is 0.353. The maximum absolute atomic E-state index is 12.9. The number of aromatic nitrogens is 2. The molecule has 0 saturated carbocycles. The first-order valence-electron chi connectivity index (χ1n) is 8.25. The van der Waals surface area contributed by atoms with Crippen molar-refractivity contribution in [2.24, 2.45) is 7.05 Å². The molecule has 0 aliphatic carbocycles. The number of likely N-dealkylation sites (N-methyl/N-ethyl adjacent to an activating group) is 1. The molecule has 2 heterocycles. The number of carbonyl (C=O) groups excluding carboxylic acids is 2. The van der Waals surface area contributed by atoms with Crippen molar-refractivity contribution >= 4 is 29.5 Å². The number of imidazole rings is 1. The number of aryl methyl sites for hydroxylation is 1. The molecule has 0 radical (unpaired) electrons. The number of nitrogens with zero attached hydrogens (tertiary/aromatic N) is 4. The number of nitrogens with one attached hydrogen (secondary N) is 1. The van der Waals surface area contributed by atoms with E-state index in [2.05, 4.69) is 10.3 Å². The third kappa shape index (κ3) is 3.64. The number of alkyl halides is 3. The third-order valence-electron chi connectivity index (χ3n) is 4.53. The Balaban J connectivity index is 1.71. The van der Waals surface area contributed by atoms with E-state index >= 15 is 0 Å². The molecule has 11 heteroatoms. The van der Waals surface area contributed by atoms with Crippen LogP contribution in [0.3, 0.4) is 0 Å². The van der Waals surface area contributed by atoms with Crippen molar-refractivity contribution in [3.8, 4) is 0 Å². The first-order chi connectivity index (χ1) is 13.1. The Kier molecular flexibility index (Phi) is 5.24. The molecule has 1 atom stereocenters. The van der Waals surface area contributed by atoms with Gasteiger partial charge in [-0.3, -0.25) is 9.69 Å². The predicted molar refractivity (Wildman–Crippen MR) is 95.8 cm³/mol. The van der Waals surface area contributed by atoms with Gasteiger partial charge < -0.3 is 14.8 Å². The summed E-state index contributed by atoms with van der Waals surface area (Å²) >= 11 is 5.84. The predicted octanol–water partition coefficient (Wildman–Crippen LogP) is 2.65. The van der Waals surface area contributed by atoms with Crippen LogP contribution in [0.15, 0.2) is 30.6 Å². The zero-order chi connectivity index (χ0) is 20.6. The van der Waals surface area contributed by atoms with Crippen LogP contribution in [0.5, 0.6) is 0 Å². The second-order valence-corrected chi connectivity index (χ2v) is 6.73. The van der Waals surface area contributed by atoms with Crippen LogP contribution < -0.4 is 10.2 Å². The Labute approximate surface area is 163 Å². The molecule has 150 valence electrons. The van der Waals surface area contributed by atoms with Gasteiger partial charge in [-0.05, 0) is 11.6 Å². The highest BCUT2D eigenvalue weighted by Gasteiger charge is 2.41. The van der Waals surface area contributed by atoms with E-state index in [9.17, 15) is 22.8 Å². The van der Waals surface area contributed by atoms with Crippen LogP contribution in [0.2, 0.25) is 5.02 Å². The lowest BCUT2D eigenvalue weighted by molar-refractivity contribution is -0.137. The second kappa shape index (κ2) is 7.34. The summed E-state index contributed by atoms with van der Waals surface area (Å²) in [5, 5.41) is 2.10. The Bertz CT molecular complexity index is 914. The molecule has 28 heavy (non-hydrogen) atoms. The fourth-order valence-electron chi connectivity index (χ4n) is 2.98. The summed E-state index contributed by atoms with van der Waals surface area (Å²) in [5.74, 6) is -0.103. The number of halogens is 4. The van der Waals surface area contributed by atoms with Crippen molar-refractivity contribution in [1.82, 2.24) is 19.8 Å². The maximum Gasteiger partial charge on any atom is 0.417 e. The summed E-state index contributed by atoms with van der Waals surface area (Å²) in [6.07, 6.45) is -1.38. The quantitative estimate of drug-likeness (QED) is 0.834. The van der Waals surface area contributed by atoms with Crippen LogP contribution in [0.25, 0.3) is 0 Å². The molecule has 1 aliphatic heterocycles. The highest BCUT2D eigenvalue weighted by Crippen LogP contribution is 2.36. The smallest absolute Gasteiger partial charge is 0.350 e. The topological polar surface area (TPSA) is 70.5 Å². The normalized spacial score (nSPS) is 17.4. The number of anilines is 1. The molecule has 1 N–H and O–H groups in total. The molecule has 0 unspecified atom stereocenters. The molecule has 1 aromatic heterocycles. The molecular weight excluding hydrogens is 399 g/mol. The molecule has 2 aromatic rings. The lowest BCUT2D eigenvalue weighted by Crippen LogP contribution is -2.43. The molecule has 7 nitrogen and oxygen atoms in total. The zero-order valence-electron chi connectivity index (χ0n) is 15.0. The Morgan fingerprint density at radius 1 is 1.36 bits per heavy atom. The maximum atomic E-state index is 12.9. The van der Waals surface area contributed by atoms with Gasteiger partial charge in [0.05, 0.1) is 17.1 Å². The van der Waals surface area contributed by atoms with Crippen molar-refractivity contribution in [2.75, 3.05) is 18.5 Å². The van der Waals surface area contributed by atoms with E-state index in [1.165, 1.54) is 35.2 Å². The molecule has 1 saturated heterocycles. The highest BCUT2D eigenvalue weighted by molar-refractivity contribution is 6.32.